The molecule has 1 aromatic carbocycles. The molecule has 2 atom stereocenters. The molecule has 1 aliphatic rings. The van der Waals surface area contributed by atoms with E-state index in [9.17, 15) is 14.9 Å². The fourth-order valence-corrected chi connectivity index (χ4v) is 2.70. The minimum Gasteiger partial charge on any atom is -0.493 e. The second-order valence-corrected chi connectivity index (χ2v) is 5.45. The van der Waals surface area contributed by atoms with Crippen LogP contribution in [0, 0.1) is 10.1 Å². The van der Waals surface area contributed by atoms with E-state index in [1.54, 1.807) is 4.90 Å². The standard InChI is InChI=1S/C15H20N2O6/c1-9-7-16(8-10(2)23-9)15(18)11-5-13(21-3)14(22-4)6-12(11)17(19)20/h5-6,9-10H,7-8H2,1-4H3/t9-,10-/m1/s1. The molecule has 126 valence electrons. The van der Waals surface area contributed by atoms with Crippen molar-refractivity contribution in [1.29, 1.82) is 0 Å². The van der Waals surface area contributed by atoms with Crippen molar-refractivity contribution in [3.63, 3.8) is 0 Å². The Labute approximate surface area is 134 Å². The molecule has 1 heterocycles. The van der Waals surface area contributed by atoms with E-state index < -0.39 is 10.8 Å². The summed E-state index contributed by atoms with van der Waals surface area (Å²) in [5.74, 6) is 0.0647. The van der Waals surface area contributed by atoms with E-state index in [2.05, 4.69) is 0 Å². The van der Waals surface area contributed by atoms with Crippen LogP contribution in [0.15, 0.2) is 12.1 Å². The van der Waals surface area contributed by atoms with Crippen molar-refractivity contribution in [3.05, 3.63) is 27.8 Å². The average molecular weight is 324 g/mol. The largest absolute Gasteiger partial charge is 0.493 e. The molecule has 23 heavy (non-hydrogen) atoms. The van der Waals surface area contributed by atoms with Crippen LogP contribution in [0.25, 0.3) is 0 Å². The zero-order chi connectivity index (χ0) is 17.1. The van der Waals surface area contributed by atoms with Gasteiger partial charge in [0.1, 0.15) is 5.56 Å². The molecule has 1 saturated heterocycles. The van der Waals surface area contributed by atoms with Gasteiger partial charge < -0.3 is 19.1 Å². The van der Waals surface area contributed by atoms with E-state index in [4.69, 9.17) is 14.2 Å². The SMILES string of the molecule is COc1cc(C(=O)N2C[C@@H](C)O[C@H](C)C2)c([N+](=O)[O-])cc1OC. The lowest BCUT2D eigenvalue weighted by molar-refractivity contribution is -0.385. The fraction of sp³-hybridized carbons (Fsp3) is 0.533. The molecule has 8 heteroatoms. The van der Waals surface area contributed by atoms with Gasteiger partial charge in [-0.25, -0.2) is 0 Å². The van der Waals surface area contributed by atoms with Crippen molar-refractivity contribution in [1.82, 2.24) is 4.90 Å². The molecule has 0 N–H and O–H groups in total. The molecule has 1 fully saturated rings. The van der Waals surface area contributed by atoms with E-state index in [1.807, 2.05) is 13.8 Å². The molecule has 1 amide bonds. The van der Waals surface area contributed by atoms with Gasteiger partial charge in [0, 0.05) is 19.2 Å². The molecule has 0 saturated carbocycles. The quantitative estimate of drug-likeness (QED) is 0.620. The Hall–Kier alpha value is -2.35. The number of nitrogens with zero attached hydrogens (tertiary/aromatic N) is 2. The number of benzene rings is 1. The van der Waals surface area contributed by atoms with Gasteiger partial charge in [-0.15, -0.1) is 0 Å². The van der Waals surface area contributed by atoms with E-state index in [1.165, 1.54) is 26.4 Å². The summed E-state index contributed by atoms with van der Waals surface area (Å²) in [6, 6.07) is 2.56. The van der Waals surface area contributed by atoms with Crippen LogP contribution in [0.3, 0.4) is 0 Å². The van der Waals surface area contributed by atoms with Gasteiger partial charge in [-0.05, 0) is 13.8 Å². The first-order valence-corrected chi connectivity index (χ1v) is 7.22. The average Bonchev–Trinajstić information content (AvgIpc) is 2.51. The number of nitro groups is 1. The van der Waals surface area contributed by atoms with E-state index in [0.717, 1.165) is 0 Å². The highest BCUT2D eigenvalue weighted by Gasteiger charge is 2.32. The van der Waals surface area contributed by atoms with Crippen molar-refractivity contribution in [2.75, 3.05) is 27.3 Å². The van der Waals surface area contributed by atoms with Crippen molar-refractivity contribution < 1.29 is 23.9 Å². The molecule has 2 rings (SSSR count). The summed E-state index contributed by atoms with van der Waals surface area (Å²) in [4.78, 5) is 25.0. The monoisotopic (exact) mass is 324 g/mol. The second-order valence-electron chi connectivity index (χ2n) is 5.45. The van der Waals surface area contributed by atoms with Crippen molar-refractivity contribution >= 4 is 11.6 Å². The predicted molar refractivity (Wildman–Crippen MR) is 82.1 cm³/mol. The molecule has 0 unspecified atom stereocenters. The van der Waals surface area contributed by atoms with E-state index in [0.29, 0.717) is 13.1 Å². The number of carbonyl (C=O) groups is 1. The van der Waals surface area contributed by atoms with Crippen LogP contribution in [-0.2, 0) is 4.74 Å². The fourth-order valence-electron chi connectivity index (χ4n) is 2.70. The zero-order valence-electron chi connectivity index (χ0n) is 13.6. The summed E-state index contributed by atoms with van der Waals surface area (Å²) in [5.41, 5.74) is -0.326. The Kier molecular flexibility index (Phi) is 5.05. The van der Waals surface area contributed by atoms with Crippen molar-refractivity contribution in [2.45, 2.75) is 26.1 Å². The summed E-state index contributed by atoms with van der Waals surface area (Å²) < 4.78 is 15.8. The van der Waals surface area contributed by atoms with Gasteiger partial charge in [-0.2, -0.15) is 0 Å². The third kappa shape index (κ3) is 3.53. The Morgan fingerprint density at radius 3 is 2.22 bits per heavy atom. The summed E-state index contributed by atoms with van der Waals surface area (Å²) in [6.07, 6.45) is -0.246. The number of nitro benzene ring substituents is 1. The van der Waals surface area contributed by atoms with Crippen LogP contribution < -0.4 is 9.47 Å². The van der Waals surface area contributed by atoms with Gasteiger partial charge in [0.15, 0.2) is 11.5 Å². The topological polar surface area (TPSA) is 91.1 Å². The lowest BCUT2D eigenvalue weighted by atomic mass is 10.1. The molecule has 1 aliphatic heterocycles. The van der Waals surface area contributed by atoms with Crippen molar-refractivity contribution in [3.8, 4) is 11.5 Å². The van der Waals surface area contributed by atoms with Crippen molar-refractivity contribution in [2.24, 2.45) is 0 Å². The molecule has 0 bridgehead atoms. The first-order valence-electron chi connectivity index (χ1n) is 7.22. The van der Waals surface area contributed by atoms with Crippen LogP contribution in [0.2, 0.25) is 0 Å². The Morgan fingerprint density at radius 2 is 1.74 bits per heavy atom. The van der Waals surface area contributed by atoms with E-state index >= 15 is 0 Å². The van der Waals surface area contributed by atoms with Crippen LogP contribution in [-0.4, -0.2) is 55.2 Å². The van der Waals surface area contributed by atoms with Gasteiger partial charge in [0.25, 0.3) is 11.6 Å². The highest BCUT2D eigenvalue weighted by atomic mass is 16.6. The molecular weight excluding hydrogens is 304 g/mol. The number of amides is 1. The van der Waals surface area contributed by atoms with Crippen LogP contribution in [0.1, 0.15) is 24.2 Å². The molecule has 8 nitrogen and oxygen atoms in total. The molecule has 0 aromatic heterocycles. The van der Waals surface area contributed by atoms with Gasteiger partial charge in [0.2, 0.25) is 0 Å². The predicted octanol–water partition coefficient (Wildman–Crippen LogP) is 1.86. The number of methoxy groups -OCH3 is 2. The first kappa shape index (κ1) is 17.0. The normalized spacial score (nSPS) is 21.0. The minimum absolute atomic E-state index is 0.0195. The lowest BCUT2D eigenvalue weighted by Gasteiger charge is -2.35. The van der Waals surface area contributed by atoms with Gasteiger partial charge >= 0.3 is 0 Å². The number of hydrogen-bond donors (Lipinski definition) is 0. The Bertz CT molecular complexity index is 608. The van der Waals surface area contributed by atoms with Crippen LogP contribution in [0.5, 0.6) is 11.5 Å². The van der Waals surface area contributed by atoms with E-state index in [-0.39, 0.29) is 35.0 Å². The molecule has 0 spiro atoms. The van der Waals surface area contributed by atoms with Gasteiger partial charge in [-0.1, -0.05) is 0 Å². The Balaban J connectivity index is 2.44. The summed E-state index contributed by atoms with van der Waals surface area (Å²) in [7, 11) is 2.80. The molecule has 1 aromatic rings. The third-order valence-corrected chi connectivity index (χ3v) is 3.64. The zero-order valence-corrected chi connectivity index (χ0v) is 13.6. The maximum Gasteiger partial charge on any atom is 0.286 e. The summed E-state index contributed by atoms with van der Waals surface area (Å²) >= 11 is 0. The maximum absolute atomic E-state index is 12.8. The van der Waals surface area contributed by atoms with Gasteiger partial charge in [-0.3, -0.25) is 14.9 Å². The summed E-state index contributed by atoms with van der Waals surface area (Å²) in [5, 5.41) is 11.3. The first-order chi connectivity index (χ1) is 10.9. The number of rotatable bonds is 4. The molecule has 0 radical (unpaired) electrons. The second kappa shape index (κ2) is 6.82. The highest BCUT2D eigenvalue weighted by molar-refractivity contribution is 5.99. The highest BCUT2D eigenvalue weighted by Crippen LogP contribution is 2.35. The van der Waals surface area contributed by atoms with Crippen LogP contribution in [0.4, 0.5) is 5.69 Å². The lowest BCUT2D eigenvalue weighted by Crippen LogP contribution is -2.48. The molecule has 0 aliphatic carbocycles. The minimum atomic E-state index is -0.595. The number of morpholine rings is 1. The third-order valence-electron chi connectivity index (χ3n) is 3.64. The van der Waals surface area contributed by atoms with Crippen LogP contribution >= 0.6 is 0 Å². The number of ether oxygens (including phenoxy) is 3. The maximum atomic E-state index is 12.8. The Morgan fingerprint density at radius 1 is 1.22 bits per heavy atom. The smallest absolute Gasteiger partial charge is 0.286 e. The molecular formula is C15H20N2O6. The number of carbonyl (C=O) groups excluding carboxylic acids is 1. The number of hydrogen-bond acceptors (Lipinski definition) is 6. The van der Waals surface area contributed by atoms with Gasteiger partial charge in [0.05, 0.1) is 37.4 Å². The summed E-state index contributed by atoms with van der Waals surface area (Å²) in [6.45, 7) is 4.49.